The first-order valence-corrected chi connectivity index (χ1v) is 6.06. The smallest absolute Gasteiger partial charge is 0.303 e. The second-order valence-electron chi connectivity index (χ2n) is 3.95. The van der Waals surface area contributed by atoms with Crippen LogP contribution in [-0.4, -0.2) is 17.7 Å². The van der Waals surface area contributed by atoms with Gasteiger partial charge < -0.3 is 9.84 Å². The molecule has 1 rings (SSSR count). The lowest BCUT2D eigenvalue weighted by atomic mass is 10.1. The SMILES string of the molecule is CCCOc1cc(C)c(Cl)cc1CCC(=O)O. The average molecular weight is 257 g/mol. The van der Waals surface area contributed by atoms with E-state index in [2.05, 4.69) is 0 Å². The lowest BCUT2D eigenvalue weighted by molar-refractivity contribution is -0.136. The van der Waals surface area contributed by atoms with Crippen LogP contribution < -0.4 is 4.74 Å². The van der Waals surface area contributed by atoms with E-state index in [-0.39, 0.29) is 6.42 Å². The molecule has 1 aromatic rings. The van der Waals surface area contributed by atoms with Crippen molar-refractivity contribution < 1.29 is 14.6 Å². The zero-order valence-corrected chi connectivity index (χ0v) is 10.9. The van der Waals surface area contributed by atoms with Crippen molar-refractivity contribution >= 4 is 17.6 Å². The van der Waals surface area contributed by atoms with Gasteiger partial charge in [-0.05, 0) is 43.0 Å². The summed E-state index contributed by atoms with van der Waals surface area (Å²) in [6.45, 7) is 4.56. The molecule has 0 aromatic heterocycles. The Hall–Kier alpha value is -1.22. The van der Waals surface area contributed by atoms with Crippen LogP contribution >= 0.6 is 11.6 Å². The van der Waals surface area contributed by atoms with E-state index >= 15 is 0 Å². The Balaban J connectivity index is 2.90. The van der Waals surface area contributed by atoms with E-state index in [1.54, 1.807) is 6.07 Å². The number of hydrogen-bond donors (Lipinski definition) is 1. The summed E-state index contributed by atoms with van der Waals surface area (Å²) in [5.41, 5.74) is 1.80. The minimum absolute atomic E-state index is 0.0852. The van der Waals surface area contributed by atoms with Gasteiger partial charge in [0.05, 0.1) is 6.61 Å². The molecule has 0 radical (unpaired) electrons. The number of hydrogen-bond acceptors (Lipinski definition) is 2. The highest BCUT2D eigenvalue weighted by molar-refractivity contribution is 6.31. The molecule has 4 heteroatoms. The molecule has 0 bridgehead atoms. The summed E-state index contributed by atoms with van der Waals surface area (Å²) in [4.78, 5) is 10.6. The number of aliphatic carboxylic acids is 1. The van der Waals surface area contributed by atoms with Crippen LogP contribution in [0, 0.1) is 6.92 Å². The number of aryl methyl sites for hydroxylation is 2. The molecule has 3 nitrogen and oxygen atoms in total. The summed E-state index contributed by atoms with van der Waals surface area (Å²) in [6, 6.07) is 3.67. The summed E-state index contributed by atoms with van der Waals surface area (Å²) < 4.78 is 5.60. The molecule has 0 saturated carbocycles. The zero-order valence-electron chi connectivity index (χ0n) is 10.1. The molecule has 0 aliphatic heterocycles. The standard InChI is InChI=1S/C13H17ClO3/c1-3-6-17-12-7-9(2)11(14)8-10(12)4-5-13(15)16/h7-8H,3-6H2,1-2H3,(H,15,16). The van der Waals surface area contributed by atoms with E-state index in [1.807, 2.05) is 19.9 Å². The normalized spacial score (nSPS) is 10.3. The molecule has 1 aromatic carbocycles. The van der Waals surface area contributed by atoms with Crippen LogP contribution in [0.15, 0.2) is 12.1 Å². The van der Waals surface area contributed by atoms with E-state index in [1.165, 1.54) is 0 Å². The van der Waals surface area contributed by atoms with Crippen LogP contribution in [0.4, 0.5) is 0 Å². The van der Waals surface area contributed by atoms with Gasteiger partial charge in [-0.15, -0.1) is 0 Å². The number of ether oxygens (including phenoxy) is 1. The van der Waals surface area contributed by atoms with Gasteiger partial charge in [0.15, 0.2) is 0 Å². The molecule has 0 saturated heterocycles. The molecule has 0 spiro atoms. The van der Waals surface area contributed by atoms with Crippen LogP contribution in [0.3, 0.4) is 0 Å². The first-order valence-electron chi connectivity index (χ1n) is 5.68. The molecule has 1 N–H and O–H groups in total. The number of rotatable bonds is 6. The third-order valence-electron chi connectivity index (χ3n) is 2.41. The second kappa shape index (κ2) is 6.50. The van der Waals surface area contributed by atoms with E-state index in [0.29, 0.717) is 18.1 Å². The van der Waals surface area contributed by atoms with Crippen molar-refractivity contribution in [3.05, 3.63) is 28.3 Å². The van der Waals surface area contributed by atoms with Crippen molar-refractivity contribution in [1.29, 1.82) is 0 Å². The molecule has 0 aliphatic rings. The molecule has 94 valence electrons. The Bertz CT molecular complexity index is 402. The Morgan fingerprint density at radius 1 is 1.47 bits per heavy atom. The fourth-order valence-corrected chi connectivity index (χ4v) is 1.67. The Labute approximate surface area is 106 Å². The summed E-state index contributed by atoms with van der Waals surface area (Å²) in [7, 11) is 0. The van der Waals surface area contributed by atoms with Crippen molar-refractivity contribution in [2.24, 2.45) is 0 Å². The maximum atomic E-state index is 10.6. The van der Waals surface area contributed by atoms with Crippen molar-refractivity contribution in [2.45, 2.75) is 33.1 Å². The van der Waals surface area contributed by atoms with Crippen molar-refractivity contribution in [3.8, 4) is 5.75 Å². The van der Waals surface area contributed by atoms with Gasteiger partial charge in [0, 0.05) is 11.4 Å². The highest BCUT2D eigenvalue weighted by Crippen LogP contribution is 2.28. The largest absolute Gasteiger partial charge is 0.493 e. The summed E-state index contributed by atoms with van der Waals surface area (Å²) >= 11 is 6.03. The van der Waals surface area contributed by atoms with E-state index < -0.39 is 5.97 Å². The van der Waals surface area contributed by atoms with Gasteiger partial charge >= 0.3 is 5.97 Å². The Morgan fingerprint density at radius 2 is 2.18 bits per heavy atom. The van der Waals surface area contributed by atoms with Gasteiger partial charge in [-0.1, -0.05) is 18.5 Å². The van der Waals surface area contributed by atoms with Gasteiger partial charge in [-0.25, -0.2) is 0 Å². The number of benzene rings is 1. The first kappa shape index (κ1) is 13.8. The van der Waals surface area contributed by atoms with Crippen LogP contribution in [0.2, 0.25) is 5.02 Å². The van der Waals surface area contributed by atoms with E-state index in [9.17, 15) is 4.79 Å². The van der Waals surface area contributed by atoms with Crippen LogP contribution in [0.25, 0.3) is 0 Å². The zero-order chi connectivity index (χ0) is 12.8. The maximum Gasteiger partial charge on any atom is 0.303 e. The Morgan fingerprint density at radius 3 is 2.76 bits per heavy atom. The average Bonchev–Trinajstić information content (AvgIpc) is 2.28. The third-order valence-corrected chi connectivity index (χ3v) is 2.82. The van der Waals surface area contributed by atoms with E-state index in [0.717, 1.165) is 23.3 Å². The second-order valence-corrected chi connectivity index (χ2v) is 4.36. The van der Waals surface area contributed by atoms with Gasteiger partial charge in [0.25, 0.3) is 0 Å². The van der Waals surface area contributed by atoms with Crippen LogP contribution in [0.1, 0.15) is 30.9 Å². The number of halogens is 1. The van der Waals surface area contributed by atoms with Crippen molar-refractivity contribution in [1.82, 2.24) is 0 Å². The van der Waals surface area contributed by atoms with Gasteiger partial charge in [-0.3, -0.25) is 4.79 Å². The molecule has 0 unspecified atom stereocenters. The summed E-state index contributed by atoms with van der Waals surface area (Å²) in [5.74, 6) is -0.0712. The first-order chi connectivity index (χ1) is 8.04. The predicted molar refractivity (Wildman–Crippen MR) is 67.9 cm³/mol. The van der Waals surface area contributed by atoms with Crippen LogP contribution in [-0.2, 0) is 11.2 Å². The number of carboxylic acid groups (broad SMARTS) is 1. The van der Waals surface area contributed by atoms with Gasteiger partial charge in [0.1, 0.15) is 5.75 Å². The highest BCUT2D eigenvalue weighted by atomic mass is 35.5. The summed E-state index contributed by atoms with van der Waals surface area (Å²) in [6.07, 6.45) is 1.44. The molecular weight excluding hydrogens is 240 g/mol. The molecule has 0 heterocycles. The topological polar surface area (TPSA) is 46.5 Å². The Kier molecular flexibility index (Phi) is 5.29. The lowest BCUT2D eigenvalue weighted by Gasteiger charge is -2.12. The molecule has 0 aliphatic carbocycles. The molecule has 0 fully saturated rings. The molecule has 17 heavy (non-hydrogen) atoms. The minimum Gasteiger partial charge on any atom is -0.493 e. The number of carboxylic acids is 1. The van der Waals surface area contributed by atoms with E-state index in [4.69, 9.17) is 21.4 Å². The predicted octanol–water partition coefficient (Wildman–Crippen LogP) is 3.45. The van der Waals surface area contributed by atoms with Crippen molar-refractivity contribution in [3.63, 3.8) is 0 Å². The van der Waals surface area contributed by atoms with Crippen LogP contribution in [0.5, 0.6) is 5.75 Å². The van der Waals surface area contributed by atoms with Gasteiger partial charge in [-0.2, -0.15) is 0 Å². The number of carbonyl (C=O) groups is 1. The van der Waals surface area contributed by atoms with Crippen molar-refractivity contribution in [2.75, 3.05) is 6.61 Å². The molecule has 0 atom stereocenters. The quantitative estimate of drug-likeness (QED) is 0.848. The van der Waals surface area contributed by atoms with Gasteiger partial charge in [0.2, 0.25) is 0 Å². The third kappa shape index (κ3) is 4.27. The fourth-order valence-electron chi connectivity index (χ4n) is 1.48. The molecular formula is C13H17ClO3. The minimum atomic E-state index is -0.817. The lowest BCUT2D eigenvalue weighted by Crippen LogP contribution is -2.03. The fraction of sp³-hybridized carbons (Fsp3) is 0.462. The monoisotopic (exact) mass is 256 g/mol. The summed E-state index contributed by atoms with van der Waals surface area (Å²) in [5, 5.41) is 9.34. The molecule has 0 amide bonds. The maximum absolute atomic E-state index is 10.6. The highest BCUT2D eigenvalue weighted by Gasteiger charge is 2.09.